The van der Waals surface area contributed by atoms with Crippen LogP contribution in [0.25, 0.3) is 0 Å². The number of methoxy groups -OCH3 is 2. The van der Waals surface area contributed by atoms with E-state index in [9.17, 15) is 29.8 Å². The summed E-state index contributed by atoms with van der Waals surface area (Å²) in [4.78, 5) is 44.4. The van der Waals surface area contributed by atoms with E-state index in [-0.39, 0.29) is 22.5 Å². The van der Waals surface area contributed by atoms with Crippen molar-refractivity contribution in [1.82, 2.24) is 0 Å². The monoisotopic (exact) mass is 576 g/mol. The molecule has 0 aliphatic rings. The van der Waals surface area contributed by atoms with Crippen molar-refractivity contribution in [2.45, 2.75) is 16.0 Å². The molecule has 0 fully saturated rings. The van der Waals surface area contributed by atoms with Crippen LogP contribution >= 0.6 is 27.7 Å². The second-order valence-electron chi connectivity index (χ2n) is 6.94. The predicted molar refractivity (Wildman–Crippen MR) is 138 cm³/mol. The molecule has 0 amide bonds. The molecular formula is C24H21BrN2O8S. The molecule has 3 rings (SSSR count). The van der Waals surface area contributed by atoms with Crippen molar-refractivity contribution >= 4 is 51.0 Å². The largest absolute Gasteiger partial charge is 0.465 e. The number of nitro benzene ring substituents is 2. The Morgan fingerprint density at radius 2 is 1.28 bits per heavy atom. The number of halogens is 1. The normalized spacial score (nSPS) is 9.97. The van der Waals surface area contributed by atoms with Gasteiger partial charge in [0.05, 0.1) is 24.1 Å². The molecule has 3 aromatic carbocycles. The van der Waals surface area contributed by atoms with E-state index in [0.29, 0.717) is 11.1 Å². The maximum absolute atomic E-state index is 11.5. The zero-order valence-corrected chi connectivity index (χ0v) is 21.6. The van der Waals surface area contributed by atoms with E-state index in [0.717, 1.165) is 16.0 Å². The van der Waals surface area contributed by atoms with Crippen LogP contribution in [-0.4, -0.2) is 36.0 Å². The van der Waals surface area contributed by atoms with Crippen LogP contribution < -0.4 is 0 Å². The highest BCUT2D eigenvalue weighted by molar-refractivity contribution is 9.08. The van der Waals surface area contributed by atoms with Gasteiger partial charge in [0, 0.05) is 28.1 Å². The molecule has 0 saturated heterocycles. The first-order chi connectivity index (χ1) is 17.2. The number of hydrogen-bond donors (Lipinski definition) is 0. The van der Waals surface area contributed by atoms with Crippen molar-refractivity contribution in [3.8, 4) is 0 Å². The highest BCUT2D eigenvalue weighted by Gasteiger charge is 2.22. The molecule has 3 aromatic rings. The van der Waals surface area contributed by atoms with Crippen molar-refractivity contribution in [2.75, 3.05) is 14.2 Å². The van der Waals surface area contributed by atoms with Crippen LogP contribution in [0.15, 0.2) is 71.6 Å². The molecule has 0 N–H and O–H groups in total. The zero-order chi connectivity index (χ0) is 26.7. The molecule has 0 bridgehead atoms. The molecule has 0 heterocycles. The molecule has 188 valence electrons. The van der Waals surface area contributed by atoms with Crippen LogP contribution in [0, 0.1) is 20.2 Å². The van der Waals surface area contributed by atoms with Gasteiger partial charge in [0.15, 0.2) is 0 Å². The van der Waals surface area contributed by atoms with Gasteiger partial charge in [-0.2, -0.15) is 0 Å². The third kappa shape index (κ3) is 7.89. The number of nitro groups is 2. The Morgan fingerprint density at radius 3 is 1.72 bits per heavy atom. The number of nitrogens with zero attached hydrogens (tertiary/aromatic N) is 2. The minimum atomic E-state index is -0.706. The minimum absolute atomic E-state index is 0.0315. The lowest BCUT2D eigenvalue weighted by Crippen LogP contribution is -2.06. The van der Waals surface area contributed by atoms with Gasteiger partial charge in [0.1, 0.15) is 11.1 Å². The maximum Gasteiger partial charge on any atom is 0.344 e. The van der Waals surface area contributed by atoms with Crippen LogP contribution in [0.4, 0.5) is 11.4 Å². The number of alkyl halides is 1. The summed E-state index contributed by atoms with van der Waals surface area (Å²) in [5, 5.41) is 22.2. The van der Waals surface area contributed by atoms with E-state index in [1.54, 1.807) is 23.9 Å². The number of carbonyl (C=O) groups is 2. The number of rotatable bonds is 8. The fraction of sp³-hybridized carbons (Fsp3) is 0.167. The number of hydrogen-bond acceptors (Lipinski definition) is 9. The molecule has 12 heteroatoms. The highest BCUT2D eigenvalue weighted by atomic mass is 79.9. The summed E-state index contributed by atoms with van der Waals surface area (Å²) in [5.74, 6) is -0.821. The summed E-state index contributed by atoms with van der Waals surface area (Å²) in [6.07, 6.45) is 0. The Hall–Kier alpha value is -3.77. The molecule has 0 unspecified atom stereocenters. The summed E-state index contributed by atoms with van der Waals surface area (Å²) in [5.41, 5.74) is 0.979. The van der Waals surface area contributed by atoms with Gasteiger partial charge in [-0.3, -0.25) is 20.2 Å². The van der Waals surface area contributed by atoms with E-state index in [2.05, 4.69) is 25.4 Å². The number of ether oxygens (including phenoxy) is 2. The average Bonchev–Trinajstić information content (AvgIpc) is 2.91. The minimum Gasteiger partial charge on any atom is -0.465 e. The first kappa shape index (κ1) is 28.5. The Morgan fingerprint density at radius 1 is 0.806 bits per heavy atom. The molecule has 36 heavy (non-hydrogen) atoms. The van der Waals surface area contributed by atoms with Gasteiger partial charge in [0.2, 0.25) is 0 Å². The van der Waals surface area contributed by atoms with E-state index in [1.807, 2.05) is 30.3 Å². The van der Waals surface area contributed by atoms with Gasteiger partial charge in [-0.15, -0.1) is 11.8 Å². The number of esters is 2. The lowest BCUT2D eigenvalue weighted by atomic mass is 10.1. The molecule has 0 atom stereocenters. The standard InChI is InChI=1S/C15H13NO4S.C9H8BrNO4/c1-20-15(17)13-8-7-11(9-14(13)16(18)19)10-21-12-5-3-2-4-6-12;1-15-9(12)7-3-2-6(5-10)4-8(7)11(13)14/h2-9H,10H2,1H3;2-4H,5H2,1H3. The summed E-state index contributed by atoms with van der Waals surface area (Å²) >= 11 is 4.76. The molecular weight excluding hydrogens is 556 g/mol. The van der Waals surface area contributed by atoms with Crippen LogP contribution in [0.5, 0.6) is 0 Å². The summed E-state index contributed by atoms with van der Waals surface area (Å²) < 4.78 is 8.99. The second kappa shape index (κ2) is 14.0. The molecule has 0 saturated carbocycles. The lowest BCUT2D eigenvalue weighted by molar-refractivity contribution is -0.385. The average molecular weight is 577 g/mol. The fourth-order valence-corrected chi connectivity index (χ4v) is 4.09. The van der Waals surface area contributed by atoms with Crippen molar-refractivity contribution in [3.63, 3.8) is 0 Å². The summed E-state index contributed by atoms with van der Waals surface area (Å²) in [7, 11) is 2.38. The van der Waals surface area contributed by atoms with E-state index in [1.165, 1.54) is 38.5 Å². The molecule has 0 spiro atoms. The smallest absolute Gasteiger partial charge is 0.344 e. The lowest BCUT2D eigenvalue weighted by Gasteiger charge is -2.05. The number of carbonyl (C=O) groups excluding carboxylic acids is 2. The van der Waals surface area contributed by atoms with Crippen molar-refractivity contribution < 1.29 is 28.9 Å². The Bertz CT molecular complexity index is 1250. The first-order valence-corrected chi connectivity index (χ1v) is 12.3. The van der Waals surface area contributed by atoms with Crippen LogP contribution in [-0.2, 0) is 20.6 Å². The zero-order valence-electron chi connectivity index (χ0n) is 19.2. The molecule has 0 aliphatic carbocycles. The number of benzene rings is 3. The SMILES string of the molecule is COC(=O)c1ccc(CBr)cc1[N+](=O)[O-].COC(=O)c1ccc(CSc2ccccc2)cc1[N+](=O)[O-]. The van der Waals surface area contributed by atoms with Crippen LogP contribution in [0.3, 0.4) is 0 Å². The Balaban J connectivity index is 0.000000269. The quantitative estimate of drug-likeness (QED) is 0.104. The third-order valence-corrected chi connectivity index (χ3v) is 6.36. The van der Waals surface area contributed by atoms with E-state index < -0.39 is 21.8 Å². The topological polar surface area (TPSA) is 139 Å². The Labute approximate surface area is 219 Å². The molecule has 0 aromatic heterocycles. The molecule has 0 radical (unpaired) electrons. The van der Waals surface area contributed by atoms with Crippen LogP contribution in [0.1, 0.15) is 31.8 Å². The molecule has 10 nitrogen and oxygen atoms in total. The predicted octanol–water partition coefficient (Wildman–Crippen LogP) is 5.95. The maximum atomic E-state index is 11.5. The van der Waals surface area contributed by atoms with Crippen molar-refractivity contribution in [2.24, 2.45) is 0 Å². The van der Waals surface area contributed by atoms with Crippen molar-refractivity contribution in [1.29, 1.82) is 0 Å². The Kier molecular flexibility index (Phi) is 11.0. The number of thioether (sulfide) groups is 1. The molecule has 0 aliphatic heterocycles. The van der Waals surface area contributed by atoms with Gasteiger partial charge in [0.25, 0.3) is 11.4 Å². The fourth-order valence-electron chi connectivity index (χ4n) is 2.88. The second-order valence-corrected chi connectivity index (χ2v) is 8.55. The first-order valence-electron chi connectivity index (χ1n) is 10.2. The van der Waals surface area contributed by atoms with Gasteiger partial charge >= 0.3 is 11.9 Å². The van der Waals surface area contributed by atoms with Gasteiger partial charge < -0.3 is 9.47 Å². The highest BCUT2D eigenvalue weighted by Crippen LogP contribution is 2.27. The van der Waals surface area contributed by atoms with E-state index >= 15 is 0 Å². The third-order valence-electron chi connectivity index (χ3n) is 4.63. The van der Waals surface area contributed by atoms with Gasteiger partial charge in [-0.1, -0.05) is 46.3 Å². The summed E-state index contributed by atoms with van der Waals surface area (Å²) in [6.45, 7) is 0. The van der Waals surface area contributed by atoms with Gasteiger partial charge in [-0.05, 0) is 35.4 Å². The van der Waals surface area contributed by atoms with E-state index in [4.69, 9.17) is 0 Å². The summed E-state index contributed by atoms with van der Waals surface area (Å²) in [6, 6.07) is 18.7. The van der Waals surface area contributed by atoms with Crippen LogP contribution in [0.2, 0.25) is 0 Å². The van der Waals surface area contributed by atoms with Crippen molar-refractivity contribution in [3.05, 3.63) is 109 Å². The van der Waals surface area contributed by atoms with Gasteiger partial charge in [-0.25, -0.2) is 9.59 Å².